The molecule has 1 fully saturated rings. The number of sulfonamides is 1. The zero-order valence-corrected chi connectivity index (χ0v) is 18.2. The third kappa shape index (κ3) is 4.37. The molecule has 0 spiro atoms. The van der Waals surface area contributed by atoms with Gasteiger partial charge in [0.25, 0.3) is 10.0 Å². The quantitative estimate of drug-likeness (QED) is 0.568. The molecule has 0 unspecified atom stereocenters. The topological polar surface area (TPSA) is 83.6 Å². The van der Waals surface area contributed by atoms with E-state index in [-0.39, 0.29) is 40.7 Å². The van der Waals surface area contributed by atoms with Crippen LogP contribution in [0.25, 0.3) is 10.6 Å². The second-order valence-electron chi connectivity index (χ2n) is 7.14. The SMILES string of the molecule is O=S(=O)(c1ccc(-c2cc(C(F)(F)F)on2)s1)N1CCC(O)(c2ccc(Cl)cc2)CC1. The van der Waals surface area contributed by atoms with Gasteiger partial charge in [-0.15, -0.1) is 11.3 Å². The molecular weight excluding hydrogens is 477 g/mol. The minimum atomic E-state index is -4.67. The number of nitrogens with zero attached hydrogens (tertiary/aromatic N) is 2. The van der Waals surface area contributed by atoms with Crippen molar-refractivity contribution in [2.75, 3.05) is 13.1 Å². The first-order valence-electron chi connectivity index (χ1n) is 9.12. The highest BCUT2D eigenvalue weighted by atomic mass is 35.5. The molecule has 4 rings (SSSR count). The van der Waals surface area contributed by atoms with Crippen LogP contribution in [0.5, 0.6) is 0 Å². The molecule has 1 aromatic carbocycles. The molecule has 0 aliphatic carbocycles. The Morgan fingerprint density at radius 2 is 1.77 bits per heavy atom. The van der Waals surface area contributed by atoms with Crippen molar-refractivity contribution in [2.24, 2.45) is 0 Å². The number of benzene rings is 1. The largest absolute Gasteiger partial charge is 0.452 e. The van der Waals surface area contributed by atoms with Gasteiger partial charge < -0.3 is 9.63 Å². The average Bonchev–Trinajstić information content (AvgIpc) is 3.38. The monoisotopic (exact) mass is 492 g/mol. The molecular formula is C19H16ClF3N2O4S2. The van der Waals surface area contributed by atoms with E-state index < -0.39 is 27.6 Å². The minimum Gasteiger partial charge on any atom is -0.385 e. The Balaban J connectivity index is 1.50. The smallest absolute Gasteiger partial charge is 0.385 e. The van der Waals surface area contributed by atoms with Crippen molar-refractivity contribution in [1.82, 2.24) is 9.46 Å². The highest BCUT2D eigenvalue weighted by Gasteiger charge is 2.39. The number of aromatic nitrogens is 1. The highest BCUT2D eigenvalue weighted by molar-refractivity contribution is 7.91. The Morgan fingerprint density at radius 1 is 1.13 bits per heavy atom. The molecule has 166 valence electrons. The van der Waals surface area contributed by atoms with Crippen LogP contribution in [0.2, 0.25) is 5.02 Å². The van der Waals surface area contributed by atoms with Crippen LogP contribution in [0.4, 0.5) is 13.2 Å². The van der Waals surface area contributed by atoms with Gasteiger partial charge in [0.05, 0.1) is 10.5 Å². The lowest BCUT2D eigenvalue weighted by atomic mass is 9.85. The minimum absolute atomic E-state index is 0.0176. The number of aliphatic hydroxyl groups is 1. The summed E-state index contributed by atoms with van der Waals surface area (Å²) in [5, 5.41) is 14.9. The maximum Gasteiger partial charge on any atom is 0.452 e. The van der Waals surface area contributed by atoms with Gasteiger partial charge in [0, 0.05) is 24.2 Å². The average molecular weight is 493 g/mol. The number of hydrogen-bond donors (Lipinski definition) is 1. The molecule has 0 radical (unpaired) electrons. The molecule has 3 aromatic rings. The van der Waals surface area contributed by atoms with Gasteiger partial charge in [0.2, 0.25) is 5.76 Å². The fourth-order valence-corrected chi connectivity index (χ4v) is 6.37. The molecule has 1 aliphatic rings. The summed E-state index contributed by atoms with van der Waals surface area (Å²) >= 11 is 6.69. The Bertz CT molecular complexity index is 1180. The normalized spacial score (nSPS) is 17.7. The summed E-state index contributed by atoms with van der Waals surface area (Å²) in [7, 11) is -3.87. The Morgan fingerprint density at radius 3 is 2.35 bits per heavy atom. The van der Waals surface area contributed by atoms with Gasteiger partial charge in [0.15, 0.2) is 0 Å². The number of piperidine rings is 1. The highest BCUT2D eigenvalue weighted by Crippen LogP contribution is 2.38. The third-order valence-electron chi connectivity index (χ3n) is 5.15. The molecule has 0 bridgehead atoms. The molecule has 1 N–H and O–H groups in total. The summed E-state index contributed by atoms with van der Waals surface area (Å²) in [4.78, 5) is 0.243. The maximum atomic E-state index is 13.0. The summed E-state index contributed by atoms with van der Waals surface area (Å²) in [6, 6.07) is 10.2. The third-order valence-corrected chi connectivity index (χ3v) is 8.87. The van der Waals surface area contributed by atoms with E-state index in [2.05, 4.69) is 9.68 Å². The second-order valence-corrected chi connectivity index (χ2v) is 10.8. The summed E-state index contributed by atoms with van der Waals surface area (Å²) in [6.07, 6.45) is -4.28. The Hall–Kier alpha value is -1.92. The van der Waals surface area contributed by atoms with Gasteiger partial charge in [-0.05, 0) is 42.7 Å². The fourth-order valence-electron chi connectivity index (χ4n) is 3.39. The van der Waals surface area contributed by atoms with Gasteiger partial charge in [0.1, 0.15) is 9.90 Å². The first-order valence-corrected chi connectivity index (χ1v) is 11.8. The van der Waals surface area contributed by atoms with Crippen LogP contribution >= 0.6 is 22.9 Å². The van der Waals surface area contributed by atoms with Gasteiger partial charge >= 0.3 is 6.18 Å². The van der Waals surface area contributed by atoms with E-state index in [4.69, 9.17) is 11.6 Å². The maximum absolute atomic E-state index is 13.0. The van der Waals surface area contributed by atoms with E-state index in [0.29, 0.717) is 10.6 Å². The number of alkyl halides is 3. The van der Waals surface area contributed by atoms with Gasteiger partial charge in [-0.1, -0.05) is 28.9 Å². The molecule has 2 aromatic heterocycles. The molecule has 6 nitrogen and oxygen atoms in total. The van der Waals surface area contributed by atoms with E-state index in [0.717, 1.165) is 17.4 Å². The number of hydrogen-bond acceptors (Lipinski definition) is 6. The molecule has 1 saturated heterocycles. The number of thiophene rings is 1. The van der Waals surface area contributed by atoms with Crippen molar-refractivity contribution in [3.63, 3.8) is 0 Å². The summed E-state index contributed by atoms with van der Waals surface area (Å²) in [6.45, 7) is 0.188. The second kappa shape index (κ2) is 7.89. The predicted molar refractivity (Wildman–Crippen MR) is 108 cm³/mol. The van der Waals surface area contributed by atoms with Crippen LogP contribution in [0.1, 0.15) is 24.2 Å². The lowest BCUT2D eigenvalue weighted by Gasteiger charge is -2.37. The first-order chi connectivity index (χ1) is 14.5. The summed E-state index contributed by atoms with van der Waals surface area (Å²) in [5.74, 6) is -1.25. The van der Waals surface area contributed by atoms with Gasteiger partial charge in [-0.2, -0.15) is 17.5 Å². The van der Waals surface area contributed by atoms with Crippen LogP contribution < -0.4 is 0 Å². The summed E-state index contributed by atoms with van der Waals surface area (Å²) < 4.78 is 69.6. The van der Waals surface area contributed by atoms with Crippen LogP contribution in [0.15, 0.2) is 51.2 Å². The van der Waals surface area contributed by atoms with Crippen LogP contribution in [0, 0.1) is 0 Å². The summed E-state index contributed by atoms with van der Waals surface area (Å²) in [5.41, 5.74) is -0.584. The lowest BCUT2D eigenvalue weighted by molar-refractivity contribution is -0.155. The van der Waals surface area contributed by atoms with Crippen molar-refractivity contribution in [3.8, 4) is 10.6 Å². The predicted octanol–water partition coefficient (Wildman–Crippen LogP) is 4.75. The van der Waals surface area contributed by atoms with E-state index in [1.54, 1.807) is 24.3 Å². The van der Waals surface area contributed by atoms with E-state index in [1.165, 1.54) is 16.4 Å². The molecule has 3 heterocycles. The van der Waals surface area contributed by atoms with Crippen molar-refractivity contribution in [1.29, 1.82) is 0 Å². The van der Waals surface area contributed by atoms with Crippen molar-refractivity contribution in [2.45, 2.75) is 28.8 Å². The zero-order chi connectivity index (χ0) is 22.4. The zero-order valence-electron chi connectivity index (χ0n) is 15.8. The molecule has 31 heavy (non-hydrogen) atoms. The molecule has 12 heteroatoms. The van der Waals surface area contributed by atoms with Crippen LogP contribution in [0.3, 0.4) is 0 Å². The van der Waals surface area contributed by atoms with Crippen molar-refractivity contribution >= 4 is 33.0 Å². The molecule has 1 aliphatic heterocycles. The van der Waals surface area contributed by atoms with Crippen LogP contribution in [-0.2, 0) is 21.8 Å². The molecule has 0 saturated carbocycles. The van der Waals surface area contributed by atoms with Gasteiger partial charge in [-0.3, -0.25) is 0 Å². The Labute approximate surface area is 184 Å². The van der Waals surface area contributed by atoms with Crippen molar-refractivity contribution < 1.29 is 31.2 Å². The van der Waals surface area contributed by atoms with E-state index in [9.17, 15) is 26.7 Å². The number of halogens is 4. The van der Waals surface area contributed by atoms with E-state index in [1.807, 2.05) is 0 Å². The first kappa shape index (κ1) is 22.3. The molecule has 0 amide bonds. The number of rotatable bonds is 4. The van der Waals surface area contributed by atoms with Crippen molar-refractivity contribution in [3.05, 3.63) is 58.8 Å². The lowest BCUT2D eigenvalue weighted by Crippen LogP contribution is -2.44. The Kier molecular flexibility index (Phi) is 5.67. The van der Waals surface area contributed by atoms with Gasteiger partial charge in [-0.25, -0.2) is 8.42 Å². The van der Waals surface area contributed by atoms with E-state index >= 15 is 0 Å². The van der Waals surface area contributed by atoms with Crippen LogP contribution in [-0.4, -0.2) is 36.1 Å². The fraction of sp³-hybridized carbons (Fsp3) is 0.316. The standard InChI is InChI=1S/C19H16ClF3N2O4S2/c20-13-3-1-12(2-4-13)18(26)7-9-25(10-8-18)31(27,28)17-6-5-15(30-17)14-11-16(29-24-14)19(21,22)23/h1-6,11,26H,7-10H2. The molecule has 0 atom stereocenters.